The van der Waals surface area contributed by atoms with Crippen LogP contribution in [0.2, 0.25) is 0 Å². The van der Waals surface area contributed by atoms with Gasteiger partial charge < -0.3 is 0 Å². The molecule has 0 saturated carbocycles. The van der Waals surface area contributed by atoms with E-state index in [-0.39, 0.29) is 6.04 Å². The molecule has 0 aliphatic carbocycles. The lowest BCUT2D eigenvalue weighted by atomic mass is 10.0. The summed E-state index contributed by atoms with van der Waals surface area (Å²) in [6, 6.07) is 12.2. The second-order valence-electron chi connectivity index (χ2n) is 3.93. The number of pyridine rings is 1. The molecule has 1 aromatic heterocycles. The predicted octanol–water partition coefficient (Wildman–Crippen LogP) is 3.35. The maximum atomic E-state index is 5.64. The van der Waals surface area contributed by atoms with Crippen molar-refractivity contribution in [3.05, 3.63) is 62.8 Å². The molecule has 3 N–H and O–H groups in total. The minimum absolute atomic E-state index is 0.0186. The Morgan fingerprint density at radius 1 is 1.22 bits per heavy atom. The fourth-order valence-electron chi connectivity index (χ4n) is 1.77. The SMILES string of the molecule is NNC(Cc1ccccc1)c1ncc(Br)cc1Br. The van der Waals surface area contributed by atoms with Gasteiger partial charge in [0.1, 0.15) is 0 Å². The van der Waals surface area contributed by atoms with E-state index < -0.39 is 0 Å². The Balaban J connectivity index is 2.23. The second-order valence-corrected chi connectivity index (χ2v) is 5.70. The molecule has 3 nitrogen and oxygen atoms in total. The molecule has 94 valence electrons. The first-order valence-electron chi connectivity index (χ1n) is 5.51. The lowest BCUT2D eigenvalue weighted by Crippen LogP contribution is -2.30. The van der Waals surface area contributed by atoms with Crippen LogP contribution in [0.4, 0.5) is 0 Å². The summed E-state index contributed by atoms with van der Waals surface area (Å²) >= 11 is 6.90. The monoisotopic (exact) mass is 369 g/mol. The number of benzene rings is 1. The summed E-state index contributed by atoms with van der Waals surface area (Å²) in [4.78, 5) is 4.41. The van der Waals surface area contributed by atoms with E-state index in [1.54, 1.807) is 6.20 Å². The molecular weight excluding hydrogens is 358 g/mol. The van der Waals surface area contributed by atoms with Gasteiger partial charge in [-0.25, -0.2) is 0 Å². The van der Waals surface area contributed by atoms with Gasteiger partial charge in [0.2, 0.25) is 0 Å². The molecule has 0 spiro atoms. The van der Waals surface area contributed by atoms with Crippen LogP contribution in [0.25, 0.3) is 0 Å². The van der Waals surface area contributed by atoms with Gasteiger partial charge in [0.05, 0.1) is 11.7 Å². The van der Waals surface area contributed by atoms with Gasteiger partial charge in [-0.1, -0.05) is 30.3 Å². The zero-order valence-electron chi connectivity index (χ0n) is 9.61. The Hall–Kier alpha value is -0.750. The van der Waals surface area contributed by atoms with Crippen LogP contribution in [0.3, 0.4) is 0 Å². The number of nitrogens with zero attached hydrogens (tertiary/aromatic N) is 1. The van der Waals surface area contributed by atoms with Crippen LogP contribution < -0.4 is 11.3 Å². The van der Waals surface area contributed by atoms with Crippen LogP contribution in [-0.4, -0.2) is 4.98 Å². The molecule has 2 rings (SSSR count). The summed E-state index contributed by atoms with van der Waals surface area (Å²) in [6.07, 6.45) is 2.57. The fourth-order valence-corrected chi connectivity index (χ4v) is 3.03. The van der Waals surface area contributed by atoms with E-state index in [1.165, 1.54) is 5.56 Å². The minimum Gasteiger partial charge on any atom is -0.271 e. The first-order valence-corrected chi connectivity index (χ1v) is 7.10. The van der Waals surface area contributed by atoms with Crippen LogP contribution in [0.5, 0.6) is 0 Å². The molecule has 1 heterocycles. The molecular formula is C13H13Br2N3. The third-order valence-corrected chi connectivity index (χ3v) is 3.72. The molecule has 0 bridgehead atoms. The number of hydrazine groups is 1. The summed E-state index contributed by atoms with van der Waals surface area (Å²) in [5.41, 5.74) is 4.95. The average Bonchev–Trinajstić information content (AvgIpc) is 2.38. The van der Waals surface area contributed by atoms with Crippen LogP contribution >= 0.6 is 31.9 Å². The zero-order chi connectivity index (χ0) is 13.0. The van der Waals surface area contributed by atoms with Crippen LogP contribution in [0.15, 0.2) is 51.5 Å². The van der Waals surface area contributed by atoms with Gasteiger partial charge in [0.15, 0.2) is 0 Å². The highest BCUT2D eigenvalue weighted by molar-refractivity contribution is 9.11. The number of aromatic nitrogens is 1. The maximum absolute atomic E-state index is 5.64. The predicted molar refractivity (Wildman–Crippen MR) is 79.8 cm³/mol. The molecule has 1 atom stereocenters. The molecule has 18 heavy (non-hydrogen) atoms. The quantitative estimate of drug-likeness (QED) is 0.640. The van der Waals surface area contributed by atoms with Crippen molar-refractivity contribution < 1.29 is 0 Å². The third-order valence-electron chi connectivity index (χ3n) is 2.65. The average molecular weight is 371 g/mol. The van der Waals surface area contributed by atoms with Crippen molar-refractivity contribution in [3.8, 4) is 0 Å². The number of hydrogen-bond acceptors (Lipinski definition) is 3. The Kier molecular flexibility index (Phi) is 4.88. The maximum Gasteiger partial charge on any atom is 0.0732 e. The lowest BCUT2D eigenvalue weighted by molar-refractivity contribution is 0.536. The van der Waals surface area contributed by atoms with Gasteiger partial charge >= 0.3 is 0 Å². The first-order chi connectivity index (χ1) is 8.70. The summed E-state index contributed by atoms with van der Waals surface area (Å²) in [5, 5.41) is 0. The summed E-state index contributed by atoms with van der Waals surface area (Å²) in [7, 11) is 0. The van der Waals surface area contributed by atoms with Crippen molar-refractivity contribution in [3.63, 3.8) is 0 Å². The van der Waals surface area contributed by atoms with Gasteiger partial charge in [0, 0.05) is 15.1 Å². The van der Waals surface area contributed by atoms with Crippen molar-refractivity contribution in [1.29, 1.82) is 0 Å². The van der Waals surface area contributed by atoms with Crippen molar-refractivity contribution in [2.24, 2.45) is 5.84 Å². The highest BCUT2D eigenvalue weighted by atomic mass is 79.9. The largest absolute Gasteiger partial charge is 0.271 e. The van der Waals surface area contributed by atoms with E-state index in [1.807, 2.05) is 24.3 Å². The fraction of sp³-hybridized carbons (Fsp3) is 0.154. The number of halogens is 2. The van der Waals surface area contributed by atoms with Gasteiger partial charge in [-0.15, -0.1) is 0 Å². The normalized spacial score (nSPS) is 12.4. The Labute approximate surface area is 123 Å². The molecule has 0 aliphatic rings. The molecule has 0 aliphatic heterocycles. The number of rotatable bonds is 4. The van der Waals surface area contributed by atoms with Crippen molar-refractivity contribution in [2.75, 3.05) is 0 Å². The molecule has 5 heteroatoms. The summed E-state index contributed by atoms with van der Waals surface area (Å²) in [5.74, 6) is 5.64. The van der Waals surface area contributed by atoms with Crippen LogP contribution in [-0.2, 0) is 6.42 Å². The zero-order valence-corrected chi connectivity index (χ0v) is 12.8. The second kappa shape index (κ2) is 6.43. The van der Waals surface area contributed by atoms with Gasteiger partial charge in [-0.2, -0.15) is 0 Å². The first kappa shape index (κ1) is 13.7. The molecule has 2 aromatic rings. The van der Waals surface area contributed by atoms with Crippen molar-refractivity contribution >= 4 is 31.9 Å². The number of hydrogen-bond donors (Lipinski definition) is 2. The van der Waals surface area contributed by atoms with E-state index in [4.69, 9.17) is 5.84 Å². The lowest BCUT2D eigenvalue weighted by Gasteiger charge is -2.17. The van der Waals surface area contributed by atoms with Crippen molar-refractivity contribution in [1.82, 2.24) is 10.4 Å². The Morgan fingerprint density at radius 3 is 2.56 bits per heavy atom. The molecule has 0 fully saturated rings. The molecule has 0 saturated heterocycles. The van der Waals surface area contributed by atoms with Crippen LogP contribution in [0.1, 0.15) is 17.3 Å². The van der Waals surface area contributed by atoms with E-state index in [9.17, 15) is 0 Å². The van der Waals surface area contributed by atoms with E-state index in [0.717, 1.165) is 21.1 Å². The Morgan fingerprint density at radius 2 is 1.94 bits per heavy atom. The molecule has 1 unspecified atom stereocenters. The minimum atomic E-state index is -0.0186. The van der Waals surface area contributed by atoms with E-state index in [2.05, 4.69) is 54.4 Å². The van der Waals surface area contributed by atoms with Gasteiger partial charge in [-0.05, 0) is 49.9 Å². The highest BCUT2D eigenvalue weighted by Gasteiger charge is 2.15. The molecule has 0 radical (unpaired) electrons. The van der Waals surface area contributed by atoms with Gasteiger partial charge in [0.25, 0.3) is 0 Å². The number of nitrogens with two attached hydrogens (primary N) is 1. The molecule has 0 amide bonds. The van der Waals surface area contributed by atoms with Gasteiger partial charge in [-0.3, -0.25) is 16.3 Å². The third kappa shape index (κ3) is 3.38. The summed E-state index contributed by atoms with van der Waals surface area (Å²) < 4.78 is 1.88. The summed E-state index contributed by atoms with van der Waals surface area (Å²) in [6.45, 7) is 0. The highest BCUT2D eigenvalue weighted by Crippen LogP contribution is 2.26. The van der Waals surface area contributed by atoms with E-state index in [0.29, 0.717) is 0 Å². The topological polar surface area (TPSA) is 50.9 Å². The molecule has 1 aromatic carbocycles. The van der Waals surface area contributed by atoms with Crippen LogP contribution in [0, 0.1) is 0 Å². The van der Waals surface area contributed by atoms with E-state index >= 15 is 0 Å². The van der Waals surface area contributed by atoms with Crippen molar-refractivity contribution in [2.45, 2.75) is 12.5 Å². The Bertz CT molecular complexity index is 517. The smallest absolute Gasteiger partial charge is 0.0732 e. The standard InChI is InChI=1S/C13H13Br2N3/c14-10-7-11(15)13(17-8-10)12(18-16)6-9-4-2-1-3-5-9/h1-5,7-8,12,18H,6,16H2. The number of nitrogens with one attached hydrogen (secondary N) is 1.